The normalized spacial score (nSPS) is 15.1. The molecular weight excluding hydrogens is 288 g/mol. The third-order valence-electron chi connectivity index (χ3n) is 4.21. The summed E-state index contributed by atoms with van der Waals surface area (Å²) in [4.78, 5) is 14.5. The van der Waals surface area contributed by atoms with Crippen molar-refractivity contribution in [3.63, 3.8) is 0 Å². The average Bonchev–Trinajstić information content (AvgIpc) is 2.86. The van der Waals surface area contributed by atoms with E-state index in [0.717, 1.165) is 30.2 Å². The zero-order chi connectivity index (χ0) is 16.1. The van der Waals surface area contributed by atoms with Crippen LogP contribution in [0.25, 0.3) is 0 Å². The molecule has 1 fully saturated rings. The highest BCUT2D eigenvalue weighted by Gasteiger charge is 2.14. The van der Waals surface area contributed by atoms with Crippen LogP contribution in [-0.4, -0.2) is 29.2 Å². The molecule has 0 radical (unpaired) electrons. The maximum atomic E-state index is 12.3. The number of para-hydroxylation sites is 1. The highest BCUT2D eigenvalue weighted by molar-refractivity contribution is 6.03. The minimum atomic E-state index is -0.228. The number of benzene rings is 1. The number of nitrogens with zero attached hydrogens (tertiary/aromatic N) is 3. The van der Waals surface area contributed by atoms with Gasteiger partial charge in [0.1, 0.15) is 0 Å². The van der Waals surface area contributed by atoms with Crippen LogP contribution in [0.15, 0.2) is 36.4 Å². The monoisotopic (exact) mass is 310 g/mol. The molecule has 0 unspecified atom stereocenters. The Morgan fingerprint density at radius 2 is 1.74 bits per heavy atom. The molecule has 0 aliphatic carbocycles. The molecule has 2 aromatic rings. The summed E-state index contributed by atoms with van der Waals surface area (Å²) >= 11 is 0. The molecule has 3 rings (SSSR count). The van der Waals surface area contributed by atoms with Crippen molar-refractivity contribution in [2.75, 3.05) is 23.3 Å². The van der Waals surface area contributed by atoms with Crippen molar-refractivity contribution < 1.29 is 4.79 Å². The van der Waals surface area contributed by atoms with E-state index in [1.54, 1.807) is 6.07 Å². The van der Waals surface area contributed by atoms with Crippen LogP contribution >= 0.6 is 0 Å². The summed E-state index contributed by atoms with van der Waals surface area (Å²) in [5.74, 6) is 0.633. The Kier molecular flexibility index (Phi) is 4.86. The van der Waals surface area contributed by atoms with Gasteiger partial charge in [-0.05, 0) is 43.5 Å². The molecule has 1 saturated heterocycles. The van der Waals surface area contributed by atoms with Crippen LogP contribution in [0.3, 0.4) is 0 Å². The molecule has 1 amide bonds. The van der Waals surface area contributed by atoms with Crippen LogP contribution in [-0.2, 0) is 0 Å². The summed E-state index contributed by atoms with van der Waals surface area (Å²) in [6, 6.07) is 11.3. The van der Waals surface area contributed by atoms with Crippen molar-refractivity contribution in [2.24, 2.45) is 0 Å². The highest BCUT2D eigenvalue weighted by atomic mass is 16.1. The summed E-state index contributed by atoms with van der Waals surface area (Å²) < 4.78 is 0. The van der Waals surface area contributed by atoms with Crippen LogP contribution in [0.4, 0.5) is 11.5 Å². The first kappa shape index (κ1) is 15.5. The third-order valence-corrected chi connectivity index (χ3v) is 4.21. The summed E-state index contributed by atoms with van der Waals surface area (Å²) in [6.45, 7) is 4.00. The number of anilines is 2. The minimum absolute atomic E-state index is 0.228. The molecule has 1 aliphatic heterocycles. The number of hydrogen-bond acceptors (Lipinski definition) is 4. The fraction of sp³-hybridized carbons (Fsp3) is 0.389. The Bertz CT molecular complexity index is 661. The number of aryl methyl sites for hydroxylation is 1. The van der Waals surface area contributed by atoms with E-state index in [4.69, 9.17) is 0 Å². The molecule has 0 bridgehead atoms. The summed E-state index contributed by atoms with van der Waals surface area (Å²) in [5, 5.41) is 11.2. The van der Waals surface area contributed by atoms with Gasteiger partial charge in [-0.25, -0.2) is 0 Å². The molecule has 5 nitrogen and oxygen atoms in total. The van der Waals surface area contributed by atoms with E-state index < -0.39 is 0 Å². The molecule has 1 aliphatic rings. The second-order valence-electron chi connectivity index (χ2n) is 5.95. The van der Waals surface area contributed by atoms with Crippen molar-refractivity contribution >= 4 is 17.4 Å². The first-order chi connectivity index (χ1) is 11.2. The van der Waals surface area contributed by atoms with Crippen LogP contribution in [0.1, 0.15) is 41.7 Å². The molecule has 0 spiro atoms. The molecule has 1 aromatic carbocycles. The highest BCUT2D eigenvalue weighted by Crippen LogP contribution is 2.17. The summed E-state index contributed by atoms with van der Waals surface area (Å²) in [7, 11) is 0. The quantitative estimate of drug-likeness (QED) is 0.943. The third kappa shape index (κ3) is 3.86. The maximum Gasteiger partial charge on any atom is 0.276 e. The van der Waals surface area contributed by atoms with Crippen molar-refractivity contribution in [3.8, 4) is 0 Å². The molecule has 0 atom stereocenters. The molecule has 0 saturated carbocycles. The predicted molar refractivity (Wildman–Crippen MR) is 91.8 cm³/mol. The predicted octanol–water partition coefficient (Wildman–Crippen LogP) is 3.42. The van der Waals surface area contributed by atoms with Crippen LogP contribution < -0.4 is 10.2 Å². The van der Waals surface area contributed by atoms with E-state index in [2.05, 4.69) is 20.4 Å². The molecule has 1 N–H and O–H groups in total. The average molecular weight is 310 g/mol. The number of amides is 1. The number of carbonyl (C=O) groups excluding carboxylic acids is 1. The zero-order valence-corrected chi connectivity index (χ0v) is 13.5. The Balaban J connectivity index is 1.69. The smallest absolute Gasteiger partial charge is 0.276 e. The topological polar surface area (TPSA) is 58.1 Å². The standard InChI is InChI=1S/C18H22N4O/c1-14-8-4-5-9-15(14)19-18(23)16-10-11-17(21-20-16)22-12-6-2-3-7-13-22/h4-5,8-11H,2-3,6-7,12-13H2,1H3,(H,19,23). The van der Waals surface area contributed by atoms with E-state index in [9.17, 15) is 4.79 Å². The molecular formula is C18H22N4O. The van der Waals surface area contributed by atoms with Gasteiger partial charge in [-0.1, -0.05) is 31.0 Å². The molecule has 23 heavy (non-hydrogen) atoms. The largest absolute Gasteiger partial charge is 0.355 e. The molecule has 1 aromatic heterocycles. The number of carbonyl (C=O) groups is 1. The Morgan fingerprint density at radius 3 is 2.39 bits per heavy atom. The SMILES string of the molecule is Cc1ccccc1NC(=O)c1ccc(N2CCCCCC2)nn1. The molecule has 5 heteroatoms. The Hall–Kier alpha value is -2.43. The van der Waals surface area contributed by atoms with Crippen LogP contribution in [0, 0.1) is 6.92 Å². The first-order valence-electron chi connectivity index (χ1n) is 8.20. The lowest BCUT2D eigenvalue weighted by Crippen LogP contribution is -2.25. The second-order valence-corrected chi connectivity index (χ2v) is 5.95. The number of aromatic nitrogens is 2. The van der Waals surface area contributed by atoms with Gasteiger partial charge < -0.3 is 10.2 Å². The van der Waals surface area contributed by atoms with E-state index >= 15 is 0 Å². The van der Waals surface area contributed by atoms with E-state index in [1.165, 1.54) is 25.7 Å². The Morgan fingerprint density at radius 1 is 1.00 bits per heavy atom. The van der Waals surface area contributed by atoms with Crippen LogP contribution in [0.5, 0.6) is 0 Å². The van der Waals surface area contributed by atoms with Gasteiger partial charge in [-0.3, -0.25) is 4.79 Å². The fourth-order valence-corrected chi connectivity index (χ4v) is 2.81. The van der Waals surface area contributed by atoms with Crippen molar-refractivity contribution in [2.45, 2.75) is 32.6 Å². The van der Waals surface area contributed by atoms with Gasteiger partial charge in [0.15, 0.2) is 11.5 Å². The lowest BCUT2D eigenvalue weighted by Gasteiger charge is -2.20. The van der Waals surface area contributed by atoms with Gasteiger partial charge in [0.25, 0.3) is 5.91 Å². The van der Waals surface area contributed by atoms with Gasteiger partial charge in [-0.2, -0.15) is 0 Å². The van der Waals surface area contributed by atoms with Crippen LogP contribution in [0.2, 0.25) is 0 Å². The fourth-order valence-electron chi connectivity index (χ4n) is 2.81. The lowest BCUT2D eigenvalue weighted by atomic mass is 10.2. The Labute approximate surface area is 136 Å². The van der Waals surface area contributed by atoms with Gasteiger partial charge >= 0.3 is 0 Å². The number of nitrogens with one attached hydrogen (secondary N) is 1. The van der Waals surface area contributed by atoms with Gasteiger partial charge in [0.2, 0.25) is 0 Å². The van der Waals surface area contributed by atoms with E-state index in [-0.39, 0.29) is 5.91 Å². The minimum Gasteiger partial charge on any atom is -0.355 e. The van der Waals surface area contributed by atoms with Gasteiger partial charge in [0.05, 0.1) is 0 Å². The summed E-state index contributed by atoms with van der Waals surface area (Å²) in [6.07, 6.45) is 4.94. The van der Waals surface area contributed by atoms with E-state index in [1.807, 2.05) is 37.3 Å². The molecule has 120 valence electrons. The van der Waals surface area contributed by atoms with E-state index in [0.29, 0.717) is 5.69 Å². The summed E-state index contributed by atoms with van der Waals surface area (Å²) in [5.41, 5.74) is 2.16. The molecule has 2 heterocycles. The number of rotatable bonds is 3. The van der Waals surface area contributed by atoms with Crippen molar-refractivity contribution in [1.82, 2.24) is 10.2 Å². The first-order valence-corrected chi connectivity index (χ1v) is 8.20. The van der Waals surface area contributed by atoms with Crippen molar-refractivity contribution in [3.05, 3.63) is 47.7 Å². The van der Waals surface area contributed by atoms with Gasteiger partial charge in [0, 0.05) is 18.8 Å². The van der Waals surface area contributed by atoms with Gasteiger partial charge in [-0.15, -0.1) is 10.2 Å². The second kappa shape index (κ2) is 7.22. The maximum absolute atomic E-state index is 12.3. The number of hydrogen-bond donors (Lipinski definition) is 1. The lowest BCUT2D eigenvalue weighted by molar-refractivity contribution is 0.102. The zero-order valence-electron chi connectivity index (χ0n) is 13.5. The van der Waals surface area contributed by atoms with Crippen molar-refractivity contribution in [1.29, 1.82) is 0 Å².